The van der Waals surface area contributed by atoms with Crippen molar-refractivity contribution in [3.05, 3.63) is 34.3 Å². The molecular weight excluding hydrogens is 362 g/mol. The average molecular weight is 373 g/mol. The monoisotopic (exact) mass is 371 g/mol. The molecule has 1 aromatic carbocycles. The third kappa shape index (κ3) is 4.49. The van der Waals surface area contributed by atoms with Crippen molar-refractivity contribution < 1.29 is 22.8 Å². The Morgan fingerprint density at radius 3 is 2.40 bits per heavy atom. The average Bonchev–Trinajstić information content (AvgIpc) is 2.26. The zero-order valence-electron chi connectivity index (χ0n) is 10.2. The van der Waals surface area contributed by atoms with Gasteiger partial charge in [-0.15, -0.1) is 0 Å². The topological polar surface area (TPSA) is 46.2 Å². The normalized spacial score (nSPS) is 14.5. The highest BCUT2D eigenvalue weighted by molar-refractivity contribution is 9.10. The smallest absolute Gasteiger partial charge is 0.339 e. The maximum atomic E-state index is 12.4. The van der Waals surface area contributed by atoms with Gasteiger partial charge in [-0.3, -0.25) is 9.59 Å². The molecule has 1 N–H and O–H groups in total. The number of amides is 1. The summed E-state index contributed by atoms with van der Waals surface area (Å²) in [4.78, 5) is 22.2. The third-order valence-electron chi connectivity index (χ3n) is 2.60. The molecule has 0 aromatic heterocycles. The molecule has 0 aliphatic heterocycles. The van der Waals surface area contributed by atoms with Gasteiger partial charge in [-0.05, 0) is 36.2 Å². The highest BCUT2D eigenvalue weighted by Crippen LogP contribution is 2.29. The molecule has 1 atom stereocenters. The fourth-order valence-electron chi connectivity index (χ4n) is 1.65. The second-order valence-corrected chi connectivity index (χ2v) is 5.66. The fourth-order valence-corrected chi connectivity index (χ4v) is 2.32. The van der Waals surface area contributed by atoms with Crippen molar-refractivity contribution in [2.24, 2.45) is 0 Å². The largest absolute Gasteiger partial charge is 0.471 e. The number of hydrogen-bond donors (Lipinski definition) is 1. The van der Waals surface area contributed by atoms with E-state index in [1.54, 1.807) is 12.1 Å². The predicted molar refractivity (Wildman–Crippen MR) is 71.2 cm³/mol. The van der Waals surface area contributed by atoms with Crippen molar-refractivity contribution in [1.82, 2.24) is 5.32 Å². The lowest BCUT2D eigenvalue weighted by atomic mass is 9.89. The molecule has 0 spiro atoms. The quantitative estimate of drug-likeness (QED) is 0.822. The molecule has 1 amide bonds. The van der Waals surface area contributed by atoms with E-state index < -0.39 is 29.3 Å². The van der Waals surface area contributed by atoms with Gasteiger partial charge in [-0.1, -0.05) is 28.1 Å². The minimum absolute atomic E-state index is 0.332. The summed E-state index contributed by atoms with van der Waals surface area (Å²) in [6, 6.07) is 6.26. The summed E-state index contributed by atoms with van der Waals surface area (Å²) < 4.78 is 37.7. The first-order valence-corrected chi connectivity index (χ1v) is 6.55. The van der Waals surface area contributed by atoms with E-state index >= 15 is 0 Å². The summed E-state index contributed by atoms with van der Waals surface area (Å²) in [5, 5.41) is 0.966. The van der Waals surface area contributed by atoms with Crippen LogP contribution < -0.4 is 5.32 Å². The van der Waals surface area contributed by atoms with Gasteiger partial charge >= 0.3 is 12.1 Å². The molecule has 1 rings (SSSR count). The lowest BCUT2D eigenvalue weighted by Crippen LogP contribution is -2.49. The number of halogens is 5. The number of hydrogen-bond acceptors (Lipinski definition) is 2. The summed E-state index contributed by atoms with van der Waals surface area (Å²) in [5.41, 5.74) is -1.21. The van der Waals surface area contributed by atoms with Crippen molar-refractivity contribution in [2.75, 3.05) is 0 Å². The van der Waals surface area contributed by atoms with E-state index in [9.17, 15) is 22.8 Å². The highest BCUT2D eigenvalue weighted by atomic mass is 79.9. The number of benzene rings is 1. The number of carbonyl (C=O) groups is 2. The van der Waals surface area contributed by atoms with Crippen LogP contribution in [0, 0.1) is 0 Å². The summed E-state index contributed by atoms with van der Waals surface area (Å²) in [6.07, 6.45) is -5.50. The predicted octanol–water partition coefficient (Wildman–Crippen LogP) is 3.50. The first kappa shape index (κ1) is 17.0. The van der Waals surface area contributed by atoms with E-state index in [-0.39, 0.29) is 0 Å². The molecule has 1 unspecified atom stereocenters. The standard InChI is InChI=1S/C12H10BrClF3NO2/c1-11(6-9(14)19,18-10(20)12(15,16)17)7-3-2-4-8(13)5-7/h2-5H,6H2,1H3,(H,18,20). The minimum Gasteiger partial charge on any atom is -0.339 e. The third-order valence-corrected chi connectivity index (χ3v) is 3.23. The van der Waals surface area contributed by atoms with E-state index in [4.69, 9.17) is 11.6 Å². The molecule has 0 saturated heterocycles. The van der Waals surface area contributed by atoms with Gasteiger partial charge in [0.05, 0.1) is 5.54 Å². The van der Waals surface area contributed by atoms with E-state index in [0.717, 1.165) is 0 Å². The fraction of sp³-hybridized carbons (Fsp3) is 0.333. The van der Waals surface area contributed by atoms with Gasteiger partial charge in [0, 0.05) is 10.9 Å². The Hall–Kier alpha value is -1.08. The number of carbonyl (C=O) groups excluding carboxylic acids is 2. The molecule has 0 aliphatic carbocycles. The van der Waals surface area contributed by atoms with E-state index in [1.807, 2.05) is 5.32 Å². The molecule has 20 heavy (non-hydrogen) atoms. The van der Waals surface area contributed by atoms with Crippen LogP contribution in [-0.2, 0) is 15.1 Å². The van der Waals surface area contributed by atoms with Crippen LogP contribution in [0.5, 0.6) is 0 Å². The van der Waals surface area contributed by atoms with Crippen molar-refractivity contribution in [2.45, 2.75) is 25.1 Å². The zero-order valence-corrected chi connectivity index (χ0v) is 12.6. The first-order chi connectivity index (χ1) is 9.04. The SMILES string of the molecule is CC(CC(=O)Cl)(NC(=O)C(F)(F)F)c1cccc(Br)c1. The number of nitrogens with one attached hydrogen (secondary N) is 1. The zero-order chi connectivity index (χ0) is 15.6. The molecule has 0 heterocycles. The van der Waals surface area contributed by atoms with E-state index in [0.29, 0.717) is 10.0 Å². The number of alkyl halides is 3. The van der Waals surface area contributed by atoms with E-state index in [2.05, 4.69) is 15.9 Å². The van der Waals surface area contributed by atoms with Gasteiger partial charge < -0.3 is 5.32 Å². The Bertz CT molecular complexity index is 536. The maximum absolute atomic E-state index is 12.4. The molecule has 110 valence electrons. The van der Waals surface area contributed by atoms with Crippen LogP contribution in [0.25, 0.3) is 0 Å². The number of rotatable bonds is 4. The van der Waals surface area contributed by atoms with Gasteiger partial charge in [-0.2, -0.15) is 13.2 Å². The van der Waals surface area contributed by atoms with Crippen LogP contribution in [0.3, 0.4) is 0 Å². The Labute approximate surface area is 126 Å². The molecular formula is C12H10BrClF3NO2. The Kier molecular flexibility index (Phi) is 5.21. The molecule has 8 heteroatoms. The molecule has 0 saturated carbocycles. The van der Waals surface area contributed by atoms with Crippen molar-refractivity contribution in [1.29, 1.82) is 0 Å². The summed E-state index contributed by atoms with van der Waals surface area (Å²) in [6.45, 7) is 1.30. The molecule has 0 fully saturated rings. The van der Waals surface area contributed by atoms with Crippen LogP contribution in [-0.4, -0.2) is 17.3 Å². The molecule has 0 bridgehead atoms. The maximum Gasteiger partial charge on any atom is 0.471 e. The van der Waals surface area contributed by atoms with E-state index in [1.165, 1.54) is 19.1 Å². The van der Waals surface area contributed by atoms with Crippen LogP contribution in [0.15, 0.2) is 28.7 Å². The molecule has 3 nitrogen and oxygen atoms in total. The van der Waals surface area contributed by atoms with Crippen LogP contribution in [0.2, 0.25) is 0 Å². The Morgan fingerprint density at radius 1 is 1.35 bits per heavy atom. The van der Waals surface area contributed by atoms with Crippen molar-refractivity contribution >= 4 is 38.7 Å². The van der Waals surface area contributed by atoms with Gasteiger partial charge in [0.2, 0.25) is 5.24 Å². The second kappa shape index (κ2) is 6.13. The second-order valence-electron chi connectivity index (χ2n) is 4.33. The van der Waals surface area contributed by atoms with Gasteiger partial charge in [-0.25, -0.2) is 0 Å². The van der Waals surface area contributed by atoms with Gasteiger partial charge in [0.15, 0.2) is 0 Å². The lowest BCUT2D eigenvalue weighted by Gasteiger charge is -2.30. The first-order valence-electron chi connectivity index (χ1n) is 5.38. The summed E-state index contributed by atoms with van der Waals surface area (Å²) >= 11 is 8.44. The highest BCUT2D eigenvalue weighted by Gasteiger charge is 2.43. The van der Waals surface area contributed by atoms with Gasteiger partial charge in [0.1, 0.15) is 0 Å². The van der Waals surface area contributed by atoms with Crippen molar-refractivity contribution in [3.8, 4) is 0 Å². The summed E-state index contributed by atoms with van der Waals surface area (Å²) in [7, 11) is 0. The Morgan fingerprint density at radius 2 is 1.95 bits per heavy atom. The molecule has 0 aliphatic rings. The van der Waals surface area contributed by atoms with Crippen molar-refractivity contribution in [3.63, 3.8) is 0 Å². The summed E-state index contributed by atoms with van der Waals surface area (Å²) in [5.74, 6) is -2.13. The molecule has 0 radical (unpaired) electrons. The minimum atomic E-state index is -5.04. The van der Waals surface area contributed by atoms with Gasteiger partial charge in [0.25, 0.3) is 0 Å². The van der Waals surface area contributed by atoms with Crippen LogP contribution in [0.4, 0.5) is 13.2 Å². The van der Waals surface area contributed by atoms with Crippen LogP contribution >= 0.6 is 27.5 Å². The lowest BCUT2D eigenvalue weighted by molar-refractivity contribution is -0.175. The molecule has 1 aromatic rings. The Balaban J connectivity index is 3.16. The van der Waals surface area contributed by atoms with Crippen LogP contribution in [0.1, 0.15) is 18.9 Å².